The molecule has 0 saturated carbocycles. The van der Waals surface area contributed by atoms with Gasteiger partial charge in [0.25, 0.3) is 0 Å². The summed E-state index contributed by atoms with van der Waals surface area (Å²) < 4.78 is 5.10. The van der Waals surface area contributed by atoms with Crippen LogP contribution in [0.15, 0.2) is 36.6 Å². The van der Waals surface area contributed by atoms with Gasteiger partial charge in [0.2, 0.25) is 0 Å². The molecule has 0 aliphatic heterocycles. The molecule has 12 heteroatoms. The first-order chi connectivity index (χ1) is 12.5. The average molecular weight is 398 g/mol. The number of hydrogen-bond donors (Lipinski definition) is 11. The lowest BCUT2D eigenvalue weighted by atomic mass is 9.87. The van der Waals surface area contributed by atoms with Crippen LogP contribution >= 0.6 is 0 Å². The highest BCUT2D eigenvalue weighted by Gasteiger charge is 2.43. The van der Waals surface area contributed by atoms with Crippen molar-refractivity contribution in [3.63, 3.8) is 0 Å². The van der Waals surface area contributed by atoms with Crippen LogP contribution in [0.3, 0.4) is 0 Å². The largest absolute Gasteiger partial charge is 0.484 e. The molecule has 0 radical (unpaired) electrons. The van der Waals surface area contributed by atoms with E-state index in [2.05, 4.69) is 0 Å². The minimum atomic E-state index is -2.31. The van der Waals surface area contributed by atoms with Gasteiger partial charge in [0.05, 0.1) is 12.9 Å². The third-order valence-electron chi connectivity index (χ3n) is 3.30. The van der Waals surface area contributed by atoms with Crippen molar-refractivity contribution in [2.75, 3.05) is 6.61 Å². The summed E-state index contributed by atoms with van der Waals surface area (Å²) in [5, 5.41) is 102. The van der Waals surface area contributed by atoms with Crippen molar-refractivity contribution in [1.82, 2.24) is 0 Å². The van der Waals surface area contributed by atoms with Crippen molar-refractivity contribution in [2.45, 2.75) is 48.9 Å². The second-order valence-electron chi connectivity index (χ2n) is 5.43. The molecule has 11 N–H and O–H groups in total. The molecule has 158 valence electrons. The Balaban J connectivity index is 6.05. The van der Waals surface area contributed by atoms with E-state index in [1.807, 2.05) is 0 Å². The molecule has 0 rings (SSSR count). The van der Waals surface area contributed by atoms with Crippen LogP contribution in [0.4, 0.5) is 0 Å². The molecule has 12 nitrogen and oxygen atoms in total. The molecular weight excluding hydrogens is 372 g/mol. The Kier molecular flexibility index (Phi) is 11.5. The van der Waals surface area contributed by atoms with E-state index < -0.39 is 55.5 Å². The Labute approximate surface area is 154 Å². The van der Waals surface area contributed by atoms with E-state index in [1.54, 1.807) is 0 Å². The van der Waals surface area contributed by atoms with Crippen LogP contribution < -0.4 is 0 Å². The van der Waals surface area contributed by atoms with Crippen LogP contribution in [-0.2, 0) is 4.74 Å². The predicted octanol–water partition coefficient (Wildman–Crippen LogP) is -5.26. The molecule has 27 heavy (non-hydrogen) atoms. The van der Waals surface area contributed by atoms with Crippen LogP contribution in [-0.4, -0.2) is 112 Å². The van der Waals surface area contributed by atoms with Gasteiger partial charge in [0.15, 0.2) is 24.5 Å². The number of hydrogen-bond acceptors (Lipinski definition) is 12. The zero-order chi connectivity index (χ0) is 21.2. The molecule has 0 fully saturated rings. The van der Waals surface area contributed by atoms with Gasteiger partial charge in [-0.1, -0.05) is 0 Å². The van der Waals surface area contributed by atoms with Gasteiger partial charge in [-0.2, -0.15) is 0 Å². The molecule has 0 aliphatic rings. The van der Waals surface area contributed by atoms with Crippen molar-refractivity contribution in [1.29, 1.82) is 0 Å². The Hall–Kier alpha value is -1.42. The van der Waals surface area contributed by atoms with Crippen molar-refractivity contribution >= 4 is 0 Å². The predicted molar refractivity (Wildman–Crippen MR) is 87.0 cm³/mol. The van der Waals surface area contributed by atoms with E-state index in [0.29, 0.717) is 24.5 Å². The summed E-state index contributed by atoms with van der Waals surface area (Å²) in [5.74, 6) is 0. The van der Waals surface area contributed by atoms with Crippen LogP contribution in [0.5, 0.6) is 0 Å². The molecule has 4 atom stereocenters. The van der Waals surface area contributed by atoms with Gasteiger partial charge in [-0.15, -0.1) is 0 Å². The van der Waals surface area contributed by atoms with E-state index in [9.17, 15) is 20.4 Å². The zero-order valence-corrected chi connectivity index (χ0v) is 14.0. The van der Waals surface area contributed by atoms with Gasteiger partial charge in [-0.05, 0) is 24.3 Å². The van der Waals surface area contributed by atoms with Gasteiger partial charge in [0.1, 0.15) is 24.4 Å². The normalized spacial score (nSPS) is 20.1. The average Bonchev–Trinajstić information content (AvgIpc) is 2.60. The SMILES string of the molecule is OC[C@@H](O)[C@@H](O)[C@H](O)[C@@H](O)C(C=CC(O)O)(C=CC(O)O)OC=CC(O)O. The second kappa shape index (κ2) is 12.1. The quantitative estimate of drug-likeness (QED) is 0.0841. The monoisotopic (exact) mass is 398 g/mol. The van der Waals surface area contributed by atoms with Gasteiger partial charge in [-0.3, -0.25) is 0 Å². The lowest BCUT2D eigenvalue weighted by Gasteiger charge is -2.37. The number of aliphatic hydroxyl groups is 11. The molecule has 0 aromatic rings. The molecule has 0 saturated heterocycles. The number of rotatable bonds is 12. The van der Waals surface area contributed by atoms with Gasteiger partial charge in [0, 0.05) is 6.08 Å². The van der Waals surface area contributed by atoms with Gasteiger partial charge >= 0.3 is 0 Å². The fourth-order valence-corrected chi connectivity index (χ4v) is 1.89. The summed E-state index contributed by atoms with van der Waals surface area (Å²) in [6.07, 6.45) is -10.3. The standard InChI is InChI=1S/C15H26O12/c16-7-8(17)12(24)13(25)14(26)15(4-1-9(18)19,5-2-10(20)21)27-6-3-11(22)23/h1-6,8-14,16-26H,7H2/t8-,12-,13+,14-,15?/m1/s1. The van der Waals surface area contributed by atoms with E-state index in [-0.39, 0.29) is 0 Å². The van der Waals surface area contributed by atoms with Gasteiger partial charge < -0.3 is 60.9 Å². The Bertz CT molecular complexity index is 469. The first-order valence-electron chi connectivity index (χ1n) is 7.61. The molecule has 0 aromatic carbocycles. The molecule has 0 bridgehead atoms. The summed E-state index contributed by atoms with van der Waals surface area (Å²) in [6.45, 7) is -0.966. The summed E-state index contributed by atoms with van der Waals surface area (Å²) >= 11 is 0. The third kappa shape index (κ3) is 8.87. The minimum Gasteiger partial charge on any atom is -0.484 e. The third-order valence-corrected chi connectivity index (χ3v) is 3.30. The van der Waals surface area contributed by atoms with Crippen LogP contribution in [0.2, 0.25) is 0 Å². The zero-order valence-electron chi connectivity index (χ0n) is 14.0. The van der Waals surface area contributed by atoms with E-state index in [4.69, 9.17) is 40.5 Å². The molecule has 0 spiro atoms. The Morgan fingerprint density at radius 2 is 1.11 bits per heavy atom. The van der Waals surface area contributed by atoms with Crippen LogP contribution in [0.1, 0.15) is 0 Å². The highest BCUT2D eigenvalue weighted by atomic mass is 16.5. The highest BCUT2D eigenvalue weighted by Crippen LogP contribution is 2.26. The Morgan fingerprint density at radius 3 is 1.48 bits per heavy atom. The molecular formula is C15H26O12. The topological polar surface area (TPSA) is 232 Å². The first kappa shape index (κ1) is 25.6. The lowest BCUT2D eigenvalue weighted by molar-refractivity contribution is -0.150. The van der Waals surface area contributed by atoms with E-state index in [1.165, 1.54) is 0 Å². The minimum absolute atomic E-state index is 0.637. The maximum Gasteiger partial charge on any atom is 0.174 e. The van der Waals surface area contributed by atoms with Crippen molar-refractivity contribution < 1.29 is 60.9 Å². The first-order valence-corrected chi connectivity index (χ1v) is 7.61. The maximum absolute atomic E-state index is 10.4. The van der Waals surface area contributed by atoms with Gasteiger partial charge in [-0.25, -0.2) is 0 Å². The van der Waals surface area contributed by atoms with Crippen LogP contribution in [0, 0.1) is 0 Å². The fourth-order valence-electron chi connectivity index (χ4n) is 1.89. The smallest absolute Gasteiger partial charge is 0.174 e. The molecule has 0 unspecified atom stereocenters. The molecule has 0 aliphatic carbocycles. The highest BCUT2D eigenvalue weighted by molar-refractivity contribution is 5.22. The van der Waals surface area contributed by atoms with Crippen molar-refractivity contribution in [3.8, 4) is 0 Å². The molecule has 0 aromatic heterocycles. The summed E-state index contributed by atoms with van der Waals surface area (Å²) in [5.41, 5.74) is -2.31. The van der Waals surface area contributed by atoms with Crippen molar-refractivity contribution in [2.24, 2.45) is 0 Å². The summed E-state index contributed by atoms with van der Waals surface area (Å²) in [4.78, 5) is 0. The number of aliphatic hydroxyl groups excluding tert-OH is 8. The summed E-state index contributed by atoms with van der Waals surface area (Å²) in [7, 11) is 0. The maximum atomic E-state index is 10.4. The van der Waals surface area contributed by atoms with Crippen LogP contribution in [0.25, 0.3) is 0 Å². The molecule has 0 amide bonds. The van der Waals surface area contributed by atoms with Crippen molar-refractivity contribution in [3.05, 3.63) is 36.6 Å². The number of ether oxygens (including phenoxy) is 1. The summed E-state index contributed by atoms with van der Waals surface area (Å²) in [6, 6.07) is 0. The fraction of sp³-hybridized carbons (Fsp3) is 0.600. The Morgan fingerprint density at radius 1 is 0.667 bits per heavy atom. The lowest BCUT2D eigenvalue weighted by Crippen LogP contribution is -2.55. The van der Waals surface area contributed by atoms with E-state index >= 15 is 0 Å². The molecule has 0 heterocycles. The second-order valence-corrected chi connectivity index (χ2v) is 5.43. The van der Waals surface area contributed by atoms with E-state index in [0.717, 1.165) is 12.2 Å².